The van der Waals surface area contributed by atoms with Crippen molar-refractivity contribution in [2.75, 3.05) is 37.4 Å². The summed E-state index contributed by atoms with van der Waals surface area (Å²) < 4.78 is 5.02. The van der Waals surface area contributed by atoms with Gasteiger partial charge < -0.3 is 20.4 Å². The van der Waals surface area contributed by atoms with E-state index in [1.807, 2.05) is 6.92 Å². The maximum absolute atomic E-state index is 5.02. The number of anilines is 2. The van der Waals surface area contributed by atoms with Crippen molar-refractivity contribution in [3.8, 4) is 0 Å². The van der Waals surface area contributed by atoms with Crippen LogP contribution in [0.2, 0.25) is 0 Å². The molecule has 0 amide bonds. The molecule has 3 N–H and O–H groups in total. The van der Waals surface area contributed by atoms with E-state index < -0.39 is 0 Å². The molecular formula is C12H20N6O. The van der Waals surface area contributed by atoms with Gasteiger partial charge in [-0.1, -0.05) is 0 Å². The van der Waals surface area contributed by atoms with Gasteiger partial charge in [0, 0.05) is 26.8 Å². The summed E-state index contributed by atoms with van der Waals surface area (Å²) in [6.07, 6.45) is 3.69. The Kier molecular flexibility index (Phi) is 4.91. The van der Waals surface area contributed by atoms with Crippen LogP contribution >= 0.6 is 0 Å². The number of nitrogens with one attached hydrogen (secondary N) is 3. The molecule has 2 aromatic rings. The highest BCUT2D eigenvalue weighted by atomic mass is 16.5. The van der Waals surface area contributed by atoms with E-state index in [2.05, 4.69) is 30.6 Å². The Morgan fingerprint density at radius 2 is 2.16 bits per heavy atom. The van der Waals surface area contributed by atoms with Gasteiger partial charge in [-0.2, -0.15) is 9.97 Å². The second kappa shape index (κ2) is 6.89. The quantitative estimate of drug-likeness (QED) is 0.628. The Bertz CT molecular complexity index is 512. The second-order valence-corrected chi connectivity index (χ2v) is 4.15. The number of aromatic nitrogens is 4. The lowest BCUT2D eigenvalue weighted by atomic mass is 10.3. The number of methoxy groups -OCH3 is 1. The number of unbranched alkanes of at least 4 members (excludes halogenated alkanes) is 1. The van der Waals surface area contributed by atoms with E-state index in [4.69, 9.17) is 4.74 Å². The predicted octanol–water partition coefficient (Wildman–Crippen LogP) is 1.62. The van der Waals surface area contributed by atoms with Crippen LogP contribution in [0, 0.1) is 0 Å². The first kappa shape index (κ1) is 13.5. The Balaban J connectivity index is 2.04. The Hall–Kier alpha value is -1.89. The van der Waals surface area contributed by atoms with Gasteiger partial charge in [0.05, 0.1) is 6.33 Å². The zero-order chi connectivity index (χ0) is 13.5. The molecule has 19 heavy (non-hydrogen) atoms. The highest BCUT2D eigenvalue weighted by molar-refractivity contribution is 5.83. The SMILES string of the molecule is CCNc1nc(NCCCCOC)c2[nH]cnc2n1. The minimum Gasteiger partial charge on any atom is -0.385 e. The summed E-state index contributed by atoms with van der Waals surface area (Å²) in [5.74, 6) is 1.39. The number of hydrogen-bond acceptors (Lipinski definition) is 6. The lowest BCUT2D eigenvalue weighted by molar-refractivity contribution is 0.194. The molecule has 0 aliphatic rings. The summed E-state index contributed by atoms with van der Waals surface area (Å²) in [6.45, 7) is 4.42. The normalized spacial score (nSPS) is 10.8. The lowest BCUT2D eigenvalue weighted by Gasteiger charge is -2.08. The van der Waals surface area contributed by atoms with Crippen molar-refractivity contribution in [2.45, 2.75) is 19.8 Å². The average Bonchev–Trinajstić information content (AvgIpc) is 2.87. The van der Waals surface area contributed by atoms with Crippen LogP contribution in [0.25, 0.3) is 11.2 Å². The Labute approximate surface area is 112 Å². The van der Waals surface area contributed by atoms with Crippen LogP contribution in [0.3, 0.4) is 0 Å². The van der Waals surface area contributed by atoms with Crippen LogP contribution in [0.4, 0.5) is 11.8 Å². The Morgan fingerprint density at radius 3 is 2.95 bits per heavy atom. The zero-order valence-electron chi connectivity index (χ0n) is 11.4. The average molecular weight is 264 g/mol. The van der Waals surface area contributed by atoms with Crippen molar-refractivity contribution >= 4 is 22.9 Å². The molecule has 0 saturated carbocycles. The van der Waals surface area contributed by atoms with Gasteiger partial charge in [-0.3, -0.25) is 0 Å². The van der Waals surface area contributed by atoms with Crippen LogP contribution < -0.4 is 10.6 Å². The first-order chi connectivity index (χ1) is 9.35. The maximum atomic E-state index is 5.02. The van der Waals surface area contributed by atoms with E-state index in [-0.39, 0.29) is 0 Å². The number of aromatic amines is 1. The molecule has 2 aromatic heterocycles. The summed E-state index contributed by atoms with van der Waals surface area (Å²) >= 11 is 0. The molecule has 7 nitrogen and oxygen atoms in total. The highest BCUT2D eigenvalue weighted by Crippen LogP contribution is 2.18. The van der Waals surface area contributed by atoms with Crippen molar-refractivity contribution < 1.29 is 4.74 Å². The van der Waals surface area contributed by atoms with E-state index in [9.17, 15) is 0 Å². The van der Waals surface area contributed by atoms with Crippen molar-refractivity contribution in [1.29, 1.82) is 0 Å². The van der Waals surface area contributed by atoms with Gasteiger partial charge in [0.2, 0.25) is 5.95 Å². The maximum Gasteiger partial charge on any atom is 0.226 e. The van der Waals surface area contributed by atoms with Crippen molar-refractivity contribution in [2.24, 2.45) is 0 Å². The van der Waals surface area contributed by atoms with Gasteiger partial charge in [0.15, 0.2) is 11.5 Å². The van der Waals surface area contributed by atoms with Crippen molar-refractivity contribution in [3.63, 3.8) is 0 Å². The van der Waals surface area contributed by atoms with Crippen LogP contribution in [0.5, 0.6) is 0 Å². The number of fused-ring (bicyclic) bond motifs is 1. The molecule has 104 valence electrons. The molecule has 0 atom stereocenters. The highest BCUT2D eigenvalue weighted by Gasteiger charge is 2.08. The standard InChI is InChI=1S/C12H20N6O/c1-3-13-12-17-10(14-6-4-5-7-19-2)9-11(18-12)16-8-15-9/h8H,3-7H2,1-2H3,(H3,13,14,15,16,17,18). The molecule has 0 radical (unpaired) electrons. The molecule has 0 aromatic carbocycles. The van der Waals surface area contributed by atoms with Gasteiger partial charge in [0.1, 0.15) is 5.52 Å². The number of ether oxygens (including phenoxy) is 1. The molecule has 0 saturated heterocycles. The fourth-order valence-corrected chi connectivity index (χ4v) is 1.78. The van der Waals surface area contributed by atoms with E-state index in [1.165, 1.54) is 0 Å². The summed E-state index contributed by atoms with van der Waals surface area (Å²) in [5.41, 5.74) is 1.51. The van der Waals surface area contributed by atoms with Crippen LogP contribution in [0.15, 0.2) is 6.33 Å². The smallest absolute Gasteiger partial charge is 0.226 e. The minimum atomic E-state index is 0.599. The number of hydrogen-bond donors (Lipinski definition) is 3. The second-order valence-electron chi connectivity index (χ2n) is 4.15. The van der Waals surface area contributed by atoms with Crippen LogP contribution in [-0.2, 0) is 4.74 Å². The minimum absolute atomic E-state index is 0.599. The molecule has 0 aliphatic heterocycles. The lowest BCUT2D eigenvalue weighted by Crippen LogP contribution is -2.09. The molecule has 0 aliphatic carbocycles. The van der Waals surface area contributed by atoms with Gasteiger partial charge >= 0.3 is 0 Å². The number of H-pyrrole nitrogens is 1. The first-order valence-electron chi connectivity index (χ1n) is 6.53. The molecule has 7 heteroatoms. The monoisotopic (exact) mass is 264 g/mol. The summed E-state index contributed by atoms with van der Waals surface area (Å²) in [4.78, 5) is 16.0. The molecule has 0 bridgehead atoms. The molecule has 2 heterocycles. The summed E-state index contributed by atoms with van der Waals surface area (Å²) in [5, 5.41) is 6.42. The van der Waals surface area contributed by atoms with Crippen LogP contribution in [-0.4, -0.2) is 46.7 Å². The van der Waals surface area contributed by atoms with E-state index in [0.717, 1.165) is 43.9 Å². The molecule has 0 fully saturated rings. The molecule has 0 unspecified atom stereocenters. The van der Waals surface area contributed by atoms with Crippen LogP contribution in [0.1, 0.15) is 19.8 Å². The predicted molar refractivity (Wildman–Crippen MR) is 75.4 cm³/mol. The number of nitrogens with zero attached hydrogens (tertiary/aromatic N) is 3. The van der Waals surface area contributed by atoms with E-state index in [0.29, 0.717) is 11.6 Å². The third-order valence-electron chi connectivity index (χ3n) is 2.69. The topological polar surface area (TPSA) is 87.8 Å². The van der Waals surface area contributed by atoms with Crippen molar-refractivity contribution in [3.05, 3.63) is 6.33 Å². The Morgan fingerprint density at radius 1 is 1.26 bits per heavy atom. The molecule has 0 spiro atoms. The van der Waals surface area contributed by atoms with Gasteiger partial charge in [-0.25, -0.2) is 4.98 Å². The van der Waals surface area contributed by atoms with E-state index >= 15 is 0 Å². The van der Waals surface area contributed by atoms with E-state index in [1.54, 1.807) is 13.4 Å². The van der Waals surface area contributed by atoms with Gasteiger partial charge in [-0.15, -0.1) is 0 Å². The third-order valence-corrected chi connectivity index (χ3v) is 2.69. The largest absolute Gasteiger partial charge is 0.385 e. The zero-order valence-corrected chi connectivity index (χ0v) is 11.4. The molecular weight excluding hydrogens is 244 g/mol. The number of imidazole rings is 1. The molecule has 2 rings (SSSR count). The fourth-order valence-electron chi connectivity index (χ4n) is 1.78. The third kappa shape index (κ3) is 3.54. The summed E-state index contributed by atoms with van der Waals surface area (Å²) in [6, 6.07) is 0. The number of rotatable bonds is 8. The first-order valence-corrected chi connectivity index (χ1v) is 6.53. The van der Waals surface area contributed by atoms with Gasteiger partial charge in [0.25, 0.3) is 0 Å². The fraction of sp³-hybridized carbons (Fsp3) is 0.583. The van der Waals surface area contributed by atoms with Crippen molar-refractivity contribution in [1.82, 2.24) is 19.9 Å². The van der Waals surface area contributed by atoms with Gasteiger partial charge in [-0.05, 0) is 19.8 Å². The summed E-state index contributed by atoms with van der Waals surface area (Å²) in [7, 11) is 1.72.